The van der Waals surface area contributed by atoms with Crippen molar-refractivity contribution < 1.29 is 14.7 Å². The van der Waals surface area contributed by atoms with Gasteiger partial charge < -0.3 is 15.3 Å². The Hall–Kier alpha value is -1.10. The van der Waals surface area contributed by atoms with E-state index >= 15 is 0 Å². The average Bonchev–Trinajstić information content (AvgIpc) is 2.43. The van der Waals surface area contributed by atoms with Crippen molar-refractivity contribution in [2.45, 2.75) is 26.4 Å². The third-order valence-corrected chi connectivity index (χ3v) is 2.62. The van der Waals surface area contributed by atoms with Crippen LogP contribution < -0.4 is 5.32 Å². The molecule has 2 N–H and O–H groups in total. The quantitative estimate of drug-likeness (QED) is 0.656. The summed E-state index contributed by atoms with van der Waals surface area (Å²) in [5.41, 5.74) is -0.617. The molecular formula is C10H18N2O3. The number of nitrogens with zero attached hydrogens (tertiary/aromatic N) is 1. The molecule has 1 saturated heterocycles. The van der Waals surface area contributed by atoms with E-state index < -0.39 is 11.5 Å². The van der Waals surface area contributed by atoms with Crippen LogP contribution in [0.3, 0.4) is 0 Å². The van der Waals surface area contributed by atoms with Crippen LogP contribution in [0.1, 0.15) is 20.3 Å². The zero-order valence-corrected chi connectivity index (χ0v) is 9.41. The SMILES string of the molecule is CNC(=O)C(C)(C)CN1CC(O)CC1=O. The smallest absolute Gasteiger partial charge is 0.227 e. The number of amides is 2. The molecule has 1 heterocycles. The first-order chi connectivity index (χ1) is 6.86. The summed E-state index contributed by atoms with van der Waals surface area (Å²) in [6.45, 7) is 4.25. The monoisotopic (exact) mass is 214 g/mol. The predicted molar refractivity (Wildman–Crippen MR) is 55.1 cm³/mol. The lowest BCUT2D eigenvalue weighted by Crippen LogP contribution is -2.44. The first kappa shape index (κ1) is 12.0. The second-order valence-corrected chi connectivity index (χ2v) is 4.60. The summed E-state index contributed by atoms with van der Waals surface area (Å²) in [4.78, 5) is 24.4. The van der Waals surface area contributed by atoms with Gasteiger partial charge in [-0.15, -0.1) is 0 Å². The predicted octanol–water partition coefficient (Wildman–Crippen LogP) is -0.648. The van der Waals surface area contributed by atoms with Gasteiger partial charge in [0, 0.05) is 20.1 Å². The minimum absolute atomic E-state index is 0.0838. The molecule has 1 atom stereocenters. The molecule has 0 radical (unpaired) electrons. The number of likely N-dealkylation sites (tertiary alicyclic amines) is 1. The highest BCUT2D eigenvalue weighted by atomic mass is 16.3. The van der Waals surface area contributed by atoms with Gasteiger partial charge in [0.1, 0.15) is 0 Å². The minimum Gasteiger partial charge on any atom is -0.391 e. The van der Waals surface area contributed by atoms with Gasteiger partial charge in [0.2, 0.25) is 11.8 Å². The van der Waals surface area contributed by atoms with E-state index in [4.69, 9.17) is 0 Å². The second-order valence-electron chi connectivity index (χ2n) is 4.60. The molecule has 1 fully saturated rings. The molecule has 0 aliphatic carbocycles. The number of nitrogens with one attached hydrogen (secondary N) is 1. The van der Waals surface area contributed by atoms with E-state index in [2.05, 4.69) is 5.32 Å². The van der Waals surface area contributed by atoms with Crippen LogP contribution in [0.5, 0.6) is 0 Å². The van der Waals surface area contributed by atoms with E-state index in [9.17, 15) is 14.7 Å². The molecule has 0 saturated carbocycles. The Bertz CT molecular complexity index is 276. The fourth-order valence-electron chi connectivity index (χ4n) is 1.79. The van der Waals surface area contributed by atoms with Gasteiger partial charge in [-0.3, -0.25) is 9.59 Å². The highest BCUT2D eigenvalue weighted by Gasteiger charge is 2.35. The molecule has 0 aromatic carbocycles. The van der Waals surface area contributed by atoms with Crippen molar-refractivity contribution in [3.8, 4) is 0 Å². The molecule has 1 aliphatic heterocycles. The van der Waals surface area contributed by atoms with Crippen LogP contribution in [-0.4, -0.2) is 48.1 Å². The van der Waals surface area contributed by atoms with Gasteiger partial charge in [0.05, 0.1) is 17.9 Å². The fourth-order valence-corrected chi connectivity index (χ4v) is 1.79. The number of hydrogen-bond acceptors (Lipinski definition) is 3. The maximum absolute atomic E-state index is 11.5. The fraction of sp³-hybridized carbons (Fsp3) is 0.800. The molecule has 1 rings (SSSR count). The molecule has 2 amide bonds. The average molecular weight is 214 g/mol. The Balaban J connectivity index is 2.61. The number of aliphatic hydroxyl groups excluding tert-OH is 1. The Kier molecular flexibility index (Phi) is 3.34. The first-order valence-corrected chi connectivity index (χ1v) is 5.05. The van der Waals surface area contributed by atoms with Crippen LogP contribution in [0.15, 0.2) is 0 Å². The molecule has 5 nitrogen and oxygen atoms in total. The third-order valence-electron chi connectivity index (χ3n) is 2.62. The van der Waals surface area contributed by atoms with Crippen LogP contribution in [-0.2, 0) is 9.59 Å². The summed E-state index contributed by atoms with van der Waals surface area (Å²) in [6.07, 6.45) is -0.415. The second kappa shape index (κ2) is 4.18. The molecule has 86 valence electrons. The van der Waals surface area contributed by atoms with Gasteiger partial charge >= 0.3 is 0 Å². The maximum Gasteiger partial charge on any atom is 0.227 e. The van der Waals surface area contributed by atoms with Crippen LogP contribution in [0, 0.1) is 5.41 Å². The molecule has 0 spiro atoms. The molecule has 1 unspecified atom stereocenters. The lowest BCUT2D eigenvalue weighted by molar-refractivity contribution is -0.134. The van der Waals surface area contributed by atoms with Crippen molar-refractivity contribution in [3.63, 3.8) is 0 Å². The summed E-state index contributed by atoms with van der Waals surface area (Å²) in [6, 6.07) is 0. The molecule has 0 aromatic heterocycles. The number of aliphatic hydroxyl groups is 1. The first-order valence-electron chi connectivity index (χ1n) is 5.05. The molecular weight excluding hydrogens is 196 g/mol. The largest absolute Gasteiger partial charge is 0.391 e. The Labute approximate surface area is 89.4 Å². The maximum atomic E-state index is 11.5. The summed E-state index contributed by atoms with van der Waals surface area (Å²) in [5, 5.41) is 11.9. The van der Waals surface area contributed by atoms with E-state index in [1.165, 1.54) is 0 Å². The molecule has 15 heavy (non-hydrogen) atoms. The Morgan fingerprint density at radius 2 is 2.27 bits per heavy atom. The Morgan fingerprint density at radius 1 is 1.67 bits per heavy atom. The van der Waals surface area contributed by atoms with Gasteiger partial charge in [0.15, 0.2) is 0 Å². The van der Waals surface area contributed by atoms with Gasteiger partial charge in [-0.2, -0.15) is 0 Å². The minimum atomic E-state index is -0.617. The summed E-state index contributed by atoms with van der Waals surface area (Å²) in [5.74, 6) is -0.184. The van der Waals surface area contributed by atoms with Crippen molar-refractivity contribution in [2.75, 3.05) is 20.1 Å². The van der Waals surface area contributed by atoms with Crippen LogP contribution in [0.2, 0.25) is 0 Å². The van der Waals surface area contributed by atoms with Crippen LogP contribution in [0.4, 0.5) is 0 Å². The molecule has 1 aliphatic rings. The summed E-state index contributed by atoms with van der Waals surface area (Å²) in [7, 11) is 1.57. The zero-order valence-electron chi connectivity index (χ0n) is 9.41. The number of β-amino-alcohol motifs (C(OH)–C–C–N with tert-alkyl or cyclic N) is 1. The van der Waals surface area contributed by atoms with Gasteiger partial charge in [-0.25, -0.2) is 0 Å². The van der Waals surface area contributed by atoms with E-state index in [1.807, 2.05) is 0 Å². The van der Waals surface area contributed by atoms with Gasteiger partial charge in [-0.1, -0.05) is 0 Å². The van der Waals surface area contributed by atoms with E-state index in [1.54, 1.807) is 25.8 Å². The number of carbonyl (C=O) groups is 2. The van der Waals surface area contributed by atoms with Crippen LogP contribution >= 0.6 is 0 Å². The topological polar surface area (TPSA) is 69.6 Å². The number of rotatable bonds is 3. The van der Waals surface area contributed by atoms with E-state index in [-0.39, 0.29) is 18.2 Å². The van der Waals surface area contributed by atoms with E-state index in [0.717, 1.165) is 0 Å². The van der Waals surface area contributed by atoms with E-state index in [0.29, 0.717) is 13.1 Å². The van der Waals surface area contributed by atoms with Crippen molar-refractivity contribution >= 4 is 11.8 Å². The summed E-state index contributed by atoms with van der Waals surface area (Å²) >= 11 is 0. The van der Waals surface area contributed by atoms with Crippen molar-refractivity contribution in [3.05, 3.63) is 0 Å². The standard InChI is InChI=1S/C10H18N2O3/c1-10(2,9(15)11-3)6-12-5-7(13)4-8(12)14/h7,13H,4-6H2,1-3H3,(H,11,15). The zero-order chi connectivity index (χ0) is 11.6. The highest BCUT2D eigenvalue weighted by Crippen LogP contribution is 2.21. The lowest BCUT2D eigenvalue weighted by Gasteiger charge is -2.28. The van der Waals surface area contributed by atoms with Gasteiger partial charge in [-0.05, 0) is 13.8 Å². The lowest BCUT2D eigenvalue weighted by atomic mass is 9.91. The normalized spacial score (nSPS) is 22.0. The van der Waals surface area contributed by atoms with Crippen molar-refractivity contribution in [1.82, 2.24) is 10.2 Å². The third kappa shape index (κ3) is 2.68. The van der Waals surface area contributed by atoms with Crippen LogP contribution in [0.25, 0.3) is 0 Å². The number of carbonyl (C=O) groups excluding carboxylic acids is 2. The number of hydrogen-bond donors (Lipinski definition) is 2. The highest BCUT2D eigenvalue weighted by molar-refractivity contribution is 5.84. The molecule has 0 aromatic rings. The summed E-state index contributed by atoms with van der Waals surface area (Å²) < 4.78 is 0. The Morgan fingerprint density at radius 3 is 2.67 bits per heavy atom. The molecule has 0 bridgehead atoms. The van der Waals surface area contributed by atoms with Crippen molar-refractivity contribution in [1.29, 1.82) is 0 Å². The molecule has 5 heteroatoms. The van der Waals surface area contributed by atoms with Gasteiger partial charge in [0.25, 0.3) is 0 Å². The van der Waals surface area contributed by atoms with Crippen molar-refractivity contribution in [2.24, 2.45) is 5.41 Å².